The van der Waals surface area contributed by atoms with Crippen LogP contribution in [0.1, 0.15) is 32.1 Å². The minimum Gasteiger partial charge on any atom is -0.375 e. The molecule has 0 spiro atoms. The summed E-state index contributed by atoms with van der Waals surface area (Å²) in [6, 6.07) is 0. The van der Waals surface area contributed by atoms with E-state index in [4.69, 9.17) is 11.2 Å². The molecular formula is C13H17BrO. The van der Waals surface area contributed by atoms with E-state index < -0.39 is 0 Å². The molecule has 0 bridgehead atoms. The normalized spacial score (nSPS) is 8.80. The summed E-state index contributed by atoms with van der Waals surface area (Å²) in [5.41, 5.74) is 0. The number of ether oxygens (including phenoxy) is 1. The van der Waals surface area contributed by atoms with Crippen LogP contribution in [0.25, 0.3) is 0 Å². The molecular weight excluding hydrogens is 252 g/mol. The molecule has 0 heterocycles. The average molecular weight is 269 g/mol. The summed E-state index contributed by atoms with van der Waals surface area (Å²) in [7, 11) is 0. The fourth-order valence-corrected chi connectivity index (χ4v) is 1.09. The highest BCUT2D eigenvalue weighted by Crippen LogP contribution is 2.00. The van der Waals surface area contributed by atoms with Gasteiger partial charge < -0.3 is 4.74 Å². The van der Waals surface area contributed by atoms with Crippen LogP contribution in [-0.4, -0.2) is 13.2 Å². The molecule has 15 heavy (non-hydrogen) atoms. The molecule has 0 aromatic rings. The second-order valence-corrected chi connectivity index (χ2v) is 4.21. The number of hydrogen-bond acceptors (Lipinski definition) is 1. The zero-order chi connectivity index (χ0) is 11.4. The molecule has 0 aromatic carbocycles. The maximum Gasteiger partial charge on any atom is 0.0776 e. The molecule has 0 fully saturated rings. The molecule has 0 unspecified atom stereocenters. The lowest BCUT2D eigenvalue weighted by atomic mass is 10.2. The van der Waals surface area contributed by atoms with Crippen molar-refractivity contribution in [2.75, 3.05) is 13.2 Å². The molecule has 0 saturated carbocycles. The van der Waals surface area contributed by atoms with Crippen molar-refractivity contribution in [3.63, 3.8) is 0 Å². The van der Waals surface area contributed by atoms with Gasteiger partial charge in [-0.3, -0.25) is 0 Å². The van der Waals surface area contributed by atoms with Crippen LogP contribution in [-0.2, 0) is 4.74 Å². The van der Waals surface area contributed by atoms with Crippen LogP contribution < -0.4 is 0 Å². The first-order valence-corrected chi connectivity index (χ1v) is 5.87. The van der Waals surface area contributed by atoms with Gasteiger partial charge in [0, 0.05) is 23.7 Å². The maximum atomic E-state index is 5.26. The highest BCUT2D eigenvalue weighted by molar-refractivity contribution is 9.11. The number of hydrogen-bond donors (Lipinski definition) is 0. The Labute approximate surface area is 101 Å². The zero-order valence-electron chi connectivity index (χ0n) is 9.02. The molecule has 0 atom stereocenters. The minimum atomic E-state index is 0.559. The van der Waals surface area contributed by atoms with E-state index in [0.29, 0.717) is 13.2 Å². The SMILES string of the molecule is C#CCCCCC#CCCOCC(=C)Br. The Bertz CT molecular complexity index is 264. The van der Waals surface area contributed by atoms with Gasteiger partial charge >= 0.3 is 0 Å². The minimum absolute atomic E-state index is 0.559. The van der Waals surface area contributed by atoms with E-state index in [1.807, 2.05) is 0 Å². The molecule has 82 valence electrons. The highest BCUT2D eigenvalue weighted by atomic mass is 79.9. The van der Waals surface area contributed by atoms with E-state index in [1.165, 1.54) is 0 Å². The zero-order valence-corrected chi connectivity index (χ0v) is 10.6. The maximum absolute atomic E-state index is 5.26. The Balaban J connectivity index is 3.17. The second kappa shape index (κ2) is 11.4. The van der Waals surface area contributed by atoms with Crippen molar-refractivity contribution >= 4 is 15.9 Å². The van der Waals surface area contributed by atoms with Crippen LogP contribution in [0.5, 0.6) is 0 Å². The molecule has 0 aliphatic carbocycles. The van der Waals surface area contributed by atoms with Crippen molar-refractivity contribution < 1.29 is 4.74 Å². The van der Waals surface area contributed by atoms with Crippen molar-refractivity contribution in [3.05, 3.63) is 11.1 Å². The van der Waals surface area contributed by atoms with Crippen LogP contribution in [0, 0.1) is 24.2 Å². The third-order valence-electron chi connectivity index (χ3n) is 1.63. The Kier molecular flexibility index (Phi) is 10.8. The van der Waals surface area contributed by atoms with E-state index >= 15 is 0 Å². The van der Waals surface area contributed by atoms with Gasteiger partial charge in [-0.2, -0.15) is 0 Å². The fourth-order valence-electron chi connectivity index (χ4n) is 0.923. The lowest BCUT2D eigenvalue weighted by Gasteiger charge is -1.97. The van der Waals surface area contributed by atoms with Crippen molar-refractivity contribution in [1.29, 1.82) is 0 Å². The molecule has 0 aromatic heterocycles. The highest BCUT2D eigenvalue weighted by Gasteiger charge is 1.87. The Morgan fingerprint density at radius 3 is 2.53 bits per heavy atom. The molecule has 0 N–H and O–H groups in total. The second-order valence-electron chi connectivity index (χ2n) is 3.08. The summed E-state index contributed by atoms with van der Waals surface area (Å²) in [5.74, 6) is 8.78. The van der Waals surface area contributed by atoms with Gasteiger partial charge in [0.15, 0.2) is 0 Å². The van der Waals surface area contributed by atoms with Gasteiger partial charge in [0.05, 0.1) is 13.2 Å². The van der Waals surface area contributed by atoms with Crippen LogP contribution in [0.15, 0.2) is 11.1 Å². The fraction of sp³-hybridized carbons (Fsp3) is 0.538. The molecule has 0 rings (SSSR count). The first-order valence-electron chi connectivity index (χ1n) is 5.07. The van der Waals surface area contributed by atoms with Gasteiger partial charge in [0.2, 0.25) is 0 Å². The van der Waals surface area contributed by atoms with E-state index in [9.17, 15) is 0 Å². The number of halogens is 1. The summed E-state index contributed by atoms with van der Waals surface area (Å²) >= 11 is 3.22. The van der Waals surface area contributed by atoms with E-state index in [2.05, 4.69) is 40.3 Å². The summed E-state index contributed by atoms with van der Waals surface area (Å²) in [5, 5.41) is 0. The number of terminal acetylenes is 1. The first-order chi connectivity index (χ1) is 7.27. The molecule has 0 amide bonds. The third kappa shape index (κ3) is 13.3. The standard InChI is InChI=1S/C13H17BrO/c1-3-4-5-6-7-8-9-10-11-15-12-13(2)14/h1H,2,4-7,10-12H2. The van der Waals surface area contributed by atoms with Crippen molar-refractivity contribution in [2.24, 2.45) is 0 Å². The molecule has 2 heteroatoms. The van der Waals surface area contributed by atoms with Gasteiger partial charge in [-0.25, -0.2) is 0 Å². The quantitative estimate of drug-likeness (QED) is 0.507. The Hall–Kier alpha value is -0.700. The predicted octanol–water partition coefficient (Wildman–Crippen LogP) is 3.50. The largest absolute Gasteiger partial charge is 0.375 e. The molecule has 0 saturated heterocycles. The topological polar surface area (TPSA) is 9.23 Å². The lowest BCUT2D eigenvalue weighted by molar-refractivity contribution is 0.167. The van der Waals surface area contributed by atoms with Gasteiger partial charge in [-0.05, 0) is 12.8 Å². The molecule has 0 aliphatic heterocycles. The summed E-state index contributed by atoms with van der Waals surface area (Å²) < 4.78 is 6.13. The number of rotatable bonds is 7. The van der Waals surface area contributed by atoms with Crippen molar-refractivity contribution in [2.45, 2.75) is 32.1 Å². The Morgan fingerprint density at radius 1 is 1.20 bits per heavy atom. The van der Waals surface area contributed by atoms with E-state index in [-0.39, 0.29) is 0 Å². The van der Waals surface area contributed by atoms with Crippen LogP contribution in [0.4, 0.5) is 0 Å². The molecule has 0 radical (unpaired) electrons. The van der Waals surface area contributed by atoms with Crippen LogP contribution in [0.2, 0.25) is 0 Å². The lowest BCUT2D eigenvalue weighted by Crippen LogP contribution is -1.94. The predicted molar refractivity (Wildman–Crippen MR) is 68.6 cm³/mol. The smallest absolute Gasteiger partial charge is 0.0776 e. The van der Waals surface area contributed by atoms with Gasteiger partial charge in [-0.15, -0.1) is 24.2 Å². The average Bonchev–Trinajstić information content (AvgIpc) is 2.20. The monoisotopic (exact) mass is 268 g/mol. The summed E-state index contributed by atoms with van der Waals surface area (Å²) in [4.78, 5) is 0. The van der Waals surface area contributed by atoms with Crippen molar-refractivity contribution in [3.8, 4) is 24.2 Å². The first kappa shape index (κ1) is 14.3. The van der Waals surface area contributed by atoms with Crippen molar-refractivity contribution in [1.82, 2.24) is 0 Å². The third-order valence-corrected chi connectivity index (χ3v) is 1.86. The van der Waals surface area contributed by atoms with Gasteiger partial charge in [-0.1, -0.05) is 22.5 Å². The molecule has 0 aliphatic rings. The van der Waals surface area contributed by atoms with E-state index in [1.54, 1.807) is 0 Å². The number of unbranched alkanes of at least 4 members (excludes halogenated alkanes) is 3. The van der Waals surface area contributed by atoms with Gasteiger partial charge in [0.1, 0.15) is 0 Å². The summed E-state index contributed by atoms with van der Waals surface area (Å²) in [6.45, 7) is 4.90. The van der Waals surface area contributed by atoms with E-state index in [0.717, 1.165) is 36.6 Å². The van der Waals surface area contributed by atoms with Gasteiger partial charge in [0.25, 0.3) is 0 Å². The van der Waals surface area contributed by atoms with Crippen LogP contribution >= 0.6 is 15.9 Å². The molecule has 1 nitrogen and oxygen atoms in total. The summed E-state index contributed by atoms with van der Waals surface area (Å²) in [6.07, 6.45) is 9.89. The Morgan fingerprint density at radius 2 is 1.87 bits per heavy atom. The van der Waals surface area contributed by atoms with Crippen LogP contribution in [0.3, 0.4) is 0 Å².